The first kappa shape index (κ1) is 12.4. The van der Waals surface area contributed by atoms with Crippen LogP contribution in [0.15, 0.2) is 18.3 Å². The molecule has 17 heavy (non-hydrogen) atoms. The number of anilines is 1. The van der Waals surface area contributed by atoms with Gasteiger partial charge in [-0.3, -0.25) is 4.98 Å². The lowest BCUT2D eigenvalue weighted by molar-refractivity contribution is 0.194. The van der Waals surface area contributed by atoms with E-state index in [1.807, 2.05) is 12.3 Å². The van der Waals surface area contributed by atoms with Crippen LogP contribution in [0.4, 0.5) is 5.69 Å². The topological polar surface area (TPSA) is 36.4 Å². The van der Waals surface area contributed by atoms with Crippen LogP contribution in [0.1, 0.15) is 44.9 Å². The molecule has 0 aliphatic heterocycles. The molecule has 0 spiro atoms. The van der Waals surface area contributed by atoms with E-state index in [1.54, 1.807) is 6.92 Å². The van der Waals surface area contributed by atoms with Crippen LogP contribution in [0.5, 0.6) is 0 Å². The van der Waals surface area contributed by atoms with Crippen molar-refractivity contribution in [2.24, 2.45) is 5.92 Å². The molecule has 0 unspecified atom stereocenters. The minimum Gasteiger partial charge on any atom is -0.387 e. The zero-order chi connectivity index (χ0) is 12.3. The van der Waals surface area contributed by atoms with Gasteiger partial charge >= 0.3 is 0 Å². The van der Waals surface area contributed by atoms with Gasteiger partial charge in [-0.2, -0.15) is 0 Å². The maximum absolute atomic E-state index is 9.44. The predicted octanol–water partition coefficient (Wildman–Crippen LogP) is 2.76. The van der Waals surface area contributed by atoms with Crippen LogP contribution < -0.4 is 4.90 Å². The fourth-order valence-corrected chi connectivity index (χ4v) is 2.04. The van der Waals surface area contributed by atoms with E-state index >= 15 is 0 Å². The van der Waals surface area contributed by atoms with Crippen LogP contribution in [0.3, 0.4) is 0 Å². The van der Waals surface area contributed by atoms with Crippen LogP contribution in [0.2, 0.25) is 0 Å². The predicted molar refractivity (Wildman–Crippen MR) is 70.1 cm³/mol. The lowest BCUT2D eigenvalue weighted by Gasteiger charge is -2.24. The van der Waals surface area contributed by atoms with Crippen LogP contribution in [-0.2, 0) is 0 Å². The minimum absolute atomic E-state index is 0.480. The molecule has 1 atom stereocenters. The summed E-state index contributed by atoms with van der Waals surface area (Å²) < 4.78 is 0. The van der Waals surface area contributed by atoms with Crippen molar-refractivity contribution in [2.75, 3.05) is 18.0 Å². The number of hydrogen-bond acceptors (Lipinski definition) is 3. The normalized spacial score (nSPS) is 16.9. The zero-order valence-electron chi connectivity index (χ0n) is 10.8. The molecule has 1 heterocycles. The molecule has 1 saturated carbocycles. The molecule has 1 aliphatic carbocycles. The fraction of sp³-hybridized carbons (Fsp3) is 0.643. The fourth-order valence-electron chi connectivity index (χ4n) is 2.04. The number of rotatable bonds is 6. The van der Waals surface area contributed by atoms with Crippen LogP contribution in [-0.4, -0.2) is 23.2 Å². The number of aliphatic hydroxyl groups excluding tert-OH is 1. The third kappa shape index (κ3) is 3.43. The molecule has 0 amide bonds. The van der Waals surface area contributed by atoms with E-state index in [1.165, 1.54) is 18.5 Å². The van der Waals surface area contributed by atoms with Crippen molar-refractivity contribution in [3.63, 3.8) is 0 Å². The van der Waals surface area contributed by atoms with E-state index in [4.69, 9.17) is 0 Å². The summed E-state index contributed by atoms with van der Waals surface area (Å²) in [6.45, 7) is 6.20. The molecule has 3 heteroatoms. The molecule has 1 fully saturated rings. The van der Waals surface area contributed by atoms with Crippen molar-refractivity contribution in [1.29, 1.82) is 0 Å². The highest BCUT2D eigenvalue weighted by Crippen LogP contribution is 2.31. The van der Waals surface area contributed by atoms with Gasteiger partial charge in [0.25, 0.3) is 0 Å². The van der Waals surface area contributed by atoms with E-state index in [0.717, 1.165) is 31.1 Å². The second kappa shape index (κ2) is 5.50. The Morgan fingerprint density at radius 3 is 2.71 bits per heavy atom. The molecule has 2 rings (SSSR count). The van der Waals surface area contributed by atoms with E-state index in [9.17, 15) is 5.11 Å². The summed E-state index contributed by atoms with van der Waals surface area (Å²) in [7, 11) is 0. The summed E-state index contributed by atoms with van der Waals surface area (Å²) in [5, 5.41) is 9.44. The average Bonchev–Trinajstić information content (AvgIpc) is 3.13. The molecular weight excluding hydrogens is 212 g/mol. The Labute approximate surface area is 103 Å². The van der Waals surface area contributed by atoms with E-state index < -0.39 is 6.10 Å². The second-order valence-corrected chi connectivity index (χ2v) is 5.01. The number of pyridine rings is 1. The zero-order valence-corrected chi connectivity index (χ0v) is 10.8. The van der Waals surface area contributed by atoms with Gasteiger partial charge < -0.3 is 10.0 Å². The van der Waals surface area contributed by atoms with Crippen molar-refractivity contribution in [3.05, 3.63) is 24.0 Å². The molecule has 0 radical (unpaired) electrons. The van der Waals surface area contributed by atoms with E-state index in [2.05, 4.69) is 22.9 Å². The summed E-state index contributed by atoms with van der Waals surface area (Å²) in [6, 6.07) is 4.00. The van der Waals surface area contributed by atoms with Gasteiger partial charge in [0.2, 0.25) is 0 Å². The van der Waals surface area contributed by atoms with Crippen molar-refractivity contribution in [3.8, 4) is 0 Å². The Morgan fingerprint density at radius 2 is 2.24 bits per heavy atom. The number of nitrogens with zero attached hydrogens (tertiary/aromatic N) is 2. The highest BCUT2D eigenvalue weighted by atomic mass is 16.3. The third-order valence-corrected chi connectivity index (χ3v) is 3.23. The molecular formula is C14H22N2O. The number of aliphatic hydroxyl groups is 1. The Balaban J connectivity index is 2.05. The molecule has 1 aliphatic rings. The molecule has 94 valence electrons. The van der Waals surface area contributed by atoms with Gasteiger partial charge in [-0.1, -0.05) is 6.92 Å². The smallest absolute Gasteiger partial charge is 0.0931 e. The summed E-state index contributed by atoms with van der Waals surface area (Å²) in [6.07, 6.45) is 5.32. The van der Waals surface area contributed by atoms with Gasteiger partial charge in [0.1, 0.15) is 0 Å². The van der Waals surface area contributed by atoms with Crippen LogP contribution >= 0.6 is 0 Å². The van der Waals surface area contributed by atoms with Crippen molar-refractivity contribution in [1.82, 2.24) is 4.98 Å². The van der Waals surface area contributed by atoms with Crippen molar-refractivity contribution in [2.45, 2.75) is 39.2 Å². The third-order valence-electron chi connectivity index (χ3n) is 3.23. The van der Waals surface area contributed by atoms with E-state index in [0.29, 0.717) is 0 Å². The van der Waals surface area contributed by atoms with Gasteiger partial charge in [-0.05, 0) is 44.2 Å². The Kier molecular flexibility index (Phi) is 4.00. The molecule has 0 aromatic carbocycles. The SMILES string of the molecule is CCCN(CC1CC1)c1ccc([C@H](C)O)nc1. The Morgan fingerprint density at radius 1 is 1.47 bits per heavy atom. The van der Waals surface area contributed by atoms with Gasteiger partial charge in [-0.25, -0.2) is 0 Å². The lowest BCUT2D eigenvalue weighted by atomic mass is 10.2. The van der Waals surface area contributed by atoms with Gasteiger partial charge in [-0.15, -0.1) is 0 Å². The summed E-state index contributed by atoms with van der Waals surface area (Å²) in [5.74, 6) is 0.887. The number of aromatic nitrogens is 1. The van der Waals surface area contributed by atoms with E-state index in [-0.39, 0.29) is 0 Å². The summed E-state index contributed by atoms with van der Waals surface area (Å²) in [5.41, 5.74) is 1.93. The molecule has 0 saturated heterocycles. The first-order chi connectivity index (χ1) is 8.20. The number of hydrogen-bond donors (Lipinski definition) is 1. The molecule has 0 bridgehead atoms. The largest absolute Gasteiger partial charge is 0.387 e. The molecule has 1 aromatic rings. The second-order valence-electron chi connectivity index (χ2n) is 5.01. The van der Waals surface area contributed by atoms with Gasteiger partial charge in [0, 0.05) is 13.1 Å². The molecule has 1 N–H and O–H groups in total. The average molecular weight is 234 g/mol. The van der Waals surface area contributed by atoms with Crippen molar-refractivity contribution >= 4 is 5.69 Å². The van der Waals surface area contributed by atoms with Gasteiger partial charge in [0.15, 0.2) is 0 Å². The molecule has 1 aromatic heterocycles. The first-order valence-electron chi connectivity index (χ1n) is 6.59. The standard InChI is InChI=1S/C14H22N2O/c1-3-8-16(10-12-4-5-12)13-6-7-14(11(2)17)15-9-13/h6-7,9,11-12,17H,3-5,8,10H2,1-2H3/t11-/m0/s1. The Hall–Kier alpha value is -1.09. The minimum atomic E-state index is -0.480. The maximum Gasteiger partial charge on any atom is 0.0931 e. The van der Waals surface area contributed by atoms with Crippen molar-refractivity contribution < 1.29 is 5.11 Å². The quantitative estimate of drug-likeness (QED) is 0.822. The first-order valence-corrected chi connectivity index (χ1v) is 6.59. The van der Waals surface area contributed by atoms with Crippen LogP contribution in [0, 0.1) is 5.92 Å². The summed E-state index contributed by atoms with van der Waals surface area (Å²) in [4.78, 5) is 6.73. The monoisotopic (exact) mass is 234 g/mol. The van der Waals surface area contributed by atoms with Crippen LogP contribution in [0.25, 0.3) is 0 Å². The summed E-state index contributed by atoms with van der Waals surface area (Å²) >= 11 is 0. The van der Waals surface area contributed by atoms with Gasteiger partial charge in [0.05, 0.1) is 23.7 Å². The maximum atomic E-state index is 9.44. The Bertz CT molecular complexity index is 344. The highest BCUT2D eigenvalue weighted by molar-refractivity contribution is 5.45. The molecule has 3 nitrogen and oxygen atoms in total. The highest BCUT2D eigenvalue weighted by Gasteiger charge is 2.24. The lowest BCUT2D eigenvalue weighted by Crippen LogP contribution is -2.26.